The number of aromatic nitrogens is 3. The summed E-state index contributed by atoms with van der Waals surface area (Å²) < 4.78 is 28.2. The molecule has 8 nitrogen and oxygen atoms in total. The lowest BCUT2D eigenvalue weighted by Crippen LogP contribution is -2.32. The molecule has 0 bridgehead atoms. The molecule has 1 N–H and O–H groups in total. The van der Waals surface area contributed by atoms with Crippen molar-refractivity contribution >= 4 is 31.9 Å². The smallest absolute Gasteiger partial charge is 0.251 e. The van der Waals surface area contributed by atoms with Crippen molar-refractivity contribution in [3.8, 4) is 0 Å². The second-order valence-electron chi connectivity index (χ2n) is 6.49. The van der Waals surface area contributed by atoms with Crippen molar-refractivity contribution in [2.24, 2.45) is 0 Å². The molecule has 0 saturated carbocycles. The lowest BCUT2D eigenvalue weighted by atomic mass is 10.1. The SMILES string of the molecule is CN(C)S(=O)(=O)c1cc(C(=O)NC(Cn2cncn2)c2ccccc2)ccc1Br. The van der Waals surface area contributed by atoms with Crippen LogP contribution in [-0.4, -0.2) is 47.5 Å². The van der Waals surface area contributed by atoms with Crippen LogP contribution < -0.4 is 5.32 Å². The number of benzene rings is 2. The second-order valence-corrected chi connectivity index (χ2v) is 9.46. The minimum atomic E-state index is -3.70. The average molecular weight is 478 g/mol. The molecule has 3 aromatic rings. The van der Waals surface area contributed by atoms with Gasteiger partial charge in [-0.05, 0) is 39.7 Å². The first-order valence-electron chi connectivity index (χ1n) is 8.69. The predicted octanol–water partition coefficient (Wildman–Crippen LogP) is 2.46. The summed E-state index contributed by atoms with van der Waals surface area (Å²) in [6, 6.07) is 13.6. The van der Waals surface area contributed by atoms with Crippen molar-refractivity contribution in [1.29, 1.82) is 0 Å². The van der Waals surface area contributed by atoms with Gasteiger partial charge in [0, 0.05) is 24.1 Å². The molecule has 0 aliphatic heterocycles. The van der Waals surface area contributed by atoms with Crippen molar-refractivity contribution in [2.75, 3.05) is 14.1 Å². The summed E-state index contributed by atoms with van der Waals surface area (Å²) in [6.07, 6.45) is 3.00. The lowest BCUT2D eigenvalue weighted by Gasteiger charge is -2.20. The van der Waals surface area contributed by atoms with Gasteiger partial charge in [0.15, 0.2) is 0 Å². The van der Waals surface area contributed by atoms with Crippen molar-refractivity contribution in [3.63, 3.8) is 0 Å². The Labute approximate surface area is 177 Å². The molecule has 0 aliphatic carbocycles. The fourth-order valence-corrected chi connectivity index (χ4v) is 4.56. The predicted molar refractivity (Wildman–Crippen MR) is 112 cm³/mol. The molecule has 1 unspecified atom stereocenters. The van der Waals surface area contributed by atoms with Gasteiger partial charge in [-0.3, -0.25) is 9.48 Å². The van der Waals surface area contributed by atoms with Crippen LogP contribution in [0.15, 0.2) is 70.6 Å². The van der Waals surface area contributed by atoms with Crippen molar-refractivity contribution in [2.45, 2.75) is 17.5 Å². The van der Waals surface area contributed by atoms with Gasteiger partial charge in [-0.25, -0.2) is 17.7 Å². The summed E-state index contributed by atoms with van der Waals surface area (Å²) in [5, 5.41) is 7.07. The Bertz CT molecular complexity index is 1090. The summed E-state index contributed by atoms with van der Waals surface area (Å²) >= 11 is 3.25. The van der Waals surface area contributed by atoms with Gasteiger partial charge in [-0.2, -0.15) is 5.10 Å². The highest BCUT2D eigenvalue weighted by Crippen LogP contribution is 2.26. The summed E-state index contributed by atoms with van der Waals surface area (Å²) in [6.45, 7) is 0.384. The number of nitrogens with one attached hydrogen (secondary N) is 1. The van der Waals surface area contributed by atoms with Crippen molar-refractivity contribution in [1.82, 2.24) is 24.4 Å². The maximum Gasteiger partial charge on any atom is 0.251 e. The molecule has 10 heteroatoms. The molecule has 0 aliphatic rings. The fraction of sp³-hybridized carbons (Fsp3) is 0.211. The van der Waals surface area contributed by atoms with Gasteiger partial charge in [0.1, 0.15) is 12.7 Å². The third kappa shape index (κ3) is 4.89. The van der Waals surface area contributed by atoms with Gasteiger partial charge in [0.05, 0.1) is 17.5 Å². The molecule has 0 radical (unpaired) electrons. The molecule has 152 valence electrons. The van der Waals surface area contributed by atoms with Gasteiger partial charge in [-0.1, -0.05) is 30.3 Å². The van der Waals surface area contributed by atoms with E-state index in [9.17, 15) is 13.2 Å². The number of carbonyl (C=O) groups is 1. The Morgan fingerprint density at radius 3 is 2.55 bits per heavy atom. The van der Waals surface area contributed by atoms with Gasteiger partial charge in [0.2, 0.25) is 10.0 Å². The molecule has 1 atom stereocenters. The van der Waals surface area contributed by atoms with Crippen LogP contribution in [0.3, 0.4) is 0 Å². The van der Waals surface area contributed by atoms with E-state index in [0.29, 0.717) is 11.0 Å². The quantitative estimate of drug-likeness (QED) is 0.563. The number of hydrogen-bond acceptors (Lipinski definition) is 5. The molecule has 0 saturated heterocycles. The third-order valence-corrected chi connectivity index (χ3v) is 7.10. The highest BCUT2D eigenvalue weighted by molar-refractivity contribution is 9.10. The first-order chi connectivity index (χ1) is 13.8. The van der Waals surface area contributed by atoms with E-state index in [1.54, 1.807) is 23.1 Å². The van der Waals surface area contributed by atoms with Gasteiger partial charge < -0.3 is 5.32 Å². The zero-order valence-electron chi connectivity index (χ0n) is 15.9. The zero-order valence-corrected chi connectivity index (χ0v) is 18.3. The molecule has 0 spiro atoms. The Kier molecular flexibility index (Phi) is 6.46. The summed E-state index contributed by atoms with van der Waals surface area (Å²) in [5.74, 6) is -0.387. The number of carbonyl (C=O) groups excluding carboxylic acids is 1. The number of nitrogens with zero attached hydrogens (tertiary/aromatic N) is 4. The van der Waals surface area contributed by atoms with Crippen LogP contribution in [0.4, 0.5) is 0 Å². The molecule has 29 heavy (non-hydrogen) atoms. The summed E-state index contributed by atoms with van der Waals surface area (Å²) in [4.78, 5) is 16.9. The van der Waals surface area contributed by atoms with Crippen molar-refractivity contribution in [3.05, 3.63) is 76.8 Å². The van der Waals surface area contributed by atoms with E-state index in [4.69, 9.17) is 0 Å². The topological polar surface area (TPSA) is 97.2 Å². The van der Waals surface area contributed by atoms with Crippen LogP contribution in [0.5, 0.6) is 0 Å². The van der Waals surface area contributed by atoms with Crippen LogP contribution in [0.1, 0.15) is 22.0 Å². The van der Waals surface area contributed by atoms with E-state index < -0.39 is 10.0 Å². The minimum absolute atomic E-state index is 0.0303. The van der Waals surface area contributed by atoms with E-state index in [1.165, 1.54) is 26.5 Å². The largest absolute Gasteiger partial charge is 0.343 e. The Morgan fingerprint density at radius 2 is 1.93 bits per heavy atom. The zero-order chi connectivity index (χ0) is 21.0. The summed E-state index contributed by atoms with van der Waals surface area (Å²) in [5.41, 5.74) is 1.14. The number of amides is 1. The Hall–Kier alpha value is -2.56. The van der Waals surface area contributed by atoms with Crippen molar-refractivity contribution < 1.29 is 13.2 Å². The normalized spacial score (nSPS) is 12.7. The second kappa shape index (κ2) is 8.85. The van der Waals surface area contributed by atoms with E-state index in [-0.39, 0.29) is 22.4 Å². The average Bonchev–Trinajstić information content (AvgIpc) is 3.21. The fourth-order valence-electron chi connectivity index (χ4n) is 2.71. The van der Waals surface area contributed by atoms with E-state index in [1.807, 2.05) is 30.3 Å². The van der Waals surface area contributed by atoms with E-state index in [2.05, 4.69) is 31.3 Å². The molecule has 2 aromatic carbocycles. The first-order valence-corrected chi connectivity index (χ1v) is 10.9. The third-order valence-electron chi connectivity index (χ3n) is 4.30. The highest BCUT2D eigenvalue weighted by atomic mass is 79.9. The number of rotatable bonds is 7. The lowest BCUT2D eigenvalue weighted by molar-refractivity contribution is 0.0931. The monoisotopic (exact) mass is 477 g/mol. The van der Waals surface area contributed by atoms with E-state index in [0.717, 1.165) is 9.87 Å². The van der Waals surface area contributed by atoms with Gasteiger partial charge >= 0.3 is 0 Å². The standard InChI is InChI=1S/C19H20BrN5O3S/c1-24(2)29(27,28)18-10-15(8-9-16(18)20)19(26)23-17(11-25-13-21-12-22-25)14-6-4-3-5-7-14/h3-10,12-13,17H,11H2,1-2H3,(H,23,26). The molecule has 1 heterocycles. The molecule has 1 aromatic heterocycles. The molecule has 0 fully saturated rings. The number of sulfonamides is 1. The maximum atomic E-state index is 12.9. The van der Waals surface area contributed by atoms with Gasteiger partial charge in [0.25, 0.3) is 5.91 Å². The Morgan fingerprint density at radius 1 is 1.21 bits per heavy atom. The minimum Gasteiger partial charge on any atom is -0.343 e. The highest BCUT2D eigenvalue weighted by Gasteiger charge is 2.23. The van der Waals surface area contributed by atoms with Crippen LogP contribution in [0.25, 0.3) is 0 Å². The van der Waals surface area contributed by atoms with Crippen LogP contribution in [0.2, 0.25) is 0 Å². The van der Waals surface area contributed by atoms with E-state index >= 15 is 0 Å². The molecule has 3 rings (SSSR count). The summed E-state index contributed by atoms with van der Waals surface area (Å²) in [7, 11) is -0.816. The van der Waals surface area contributed by atoms with Crippen LogP contribution in [0, 0.1) is 0 Å². The number of halogens is 1. The van der Waals surface area contributed by atoms with Crippen LogP contribution in [-0.2, 0) is 16.6 Å². The number of hydrogen-bond donors (Lipinski definition) is 1. The maximum absolute atomic E-state index is 12.9. The molecule has 1 amide bonds. The van der Waals surface area contributed by atoms with Crippen LogP contribution >= 0.6 is 15.9 Å². The molecular formula is C19H20BrN5O3S. The Balaban J connectivity index is 1.90. The van der Waals surface area contributed by atoms with Gasteiger partial charge in [-0.15, -0.1) is 0 Å². The molecular weight excluding hydrogens is 458 g/mol. The first kappa shape index (κ1) is 21.2.